The van der Waals surface area contributed by atoms with E-state index in [-0.39, 0.29) is 21.7 Å². The van der Waals surface area contributed by atoms with Crippen molar-refractivity contribution in [3.8, 4) is 22.3 Å². The van der Waals surface area contributed by atoms with Crippen molar-refractivity contribution in [3.05, 3.63) is 148 Å². The van der Waals surface area contributed by atoms with Crippen molar-refractivity contribution in [2.24, 2.45) is 0 Å². The highest BCUT2D eigenvalue weighted by molar-refractivity contribution is 6.36. The summed E-state index contributed by atoms with van der Waals surface area (Å²) in [6.07, 6.45) is 20.1. The molecule has 0 saturated heterocycles. The van der Waals surface area contributed by atoms with Crippen molar-refractivity contribution in [1.82, 2.24) is 0 Å². The molecule has 8 rings (SSSR count). The highest BCUT2D eigenvalue weighted by Gasteiger charge is 2.40. The van der Waals surface area contributed by atoms with Crippen LogP contribution in [0.4, 0.5) is 11.4 Å². The van der Waals surface area contributed by atoms with Gasteiger partial charge >= 0.3 is 0 Å². The van der Waals surface area contributed by atoms with E-state index < -0.39 is 0 Å². The summed E-state index contributed by atoms with van der Waals surface area (Å²) in [5.41, 5.74) is 28.7. The lowest BCUT2D eigenvalue weighted by molar-refractivity contribution is 0.332. The minimum atomic E-state index is -0.347. The number of nitrogens with two attached hydrogens (primary N) is 1. The van der Waals surface area contributed by atoms with E-state index in [9.17, 15) is 0 Å². The van der Waals surface area contributed by atoms with E-state index in [2.05, 4.69) is 173 Å². The van der Waals surface area contributed by atoms with Crippen molar-refractivity contribution in [1.29, 1.82) is 0 Å². The van der Waals surface area contributed by atoms with E-state index in [0.717, 1.165) is 24.1 Å². The van der Waals surface area contributed by atoms with Gasteiger partial charge < -0.3 is 11.1 Å². The number of allylic oxidation sites excluding steroid dienone is 9. The van der Waals surface area contributed by atoms with Crippen LogP contribution in [0.5, 0.6) is 0 Å². The van der Waals surface area contributed by atoms with Gasteiger partial charge in [-0.3, -0.25) is 0 Å². The molecule has 3 N–H and O–H groups in total. The minimum absolute atomic E-state index is 0.0557. The second kappa shape index (κ2) is 12.7. The Morgan fingerprint density at radius 2 is 1.43 bits per heavy atom. The molecule has 2 nitrogen and oxygen atoms in total. The second-order valence-electron chi connectivity index (χ2n) is 18.8. The first-order chi connectivity index (χ1) is 25.5. The lowest BCUT2D eigenvalue weighted by Gasteiger charge is -2.42. The first kappa shape index (κ1) is 36.2. The number of rotatable bonds is 3. The normalized spacial score (nSPS) is 22.1. The molecule has 0 amide bonds. The maximum absolute atomic E-state index is 7.28. The Morgan fingerprint density at radius 1 is 0.685 bits per heavy atom. The van der Waals surface area contributed by atoms with Crippen LogP contribution in [0, 0.1) is 6.92 Å². The molecule has 0 aromatic heterocycles. The molecule has 0 atom stereocenters. The van der Waals surface area contributed by atoms with E-state index in [4.69, 9.17) is 5.73 Å². The van der Waals surface area contributed by atoms with Gasteiger partial charge in [0.15, 0.2) is 0 Å². The van der Waals surface area contributed by atoms with Crippen LogP contribution in [0.3, 0.4) is 0 Å². The number of benzene rings is 4. The second-order valence-corrected chi connectivity index (χ2v) is 18.8. The Labute approximate surface area is 325 Å². The summed E-state index contributed by atoms with van der Waals surface area (Å²) < 4.78 is 0. The molecule has 3 heteroatoms. The maximum Gasteiger partial charge on any atom is 0.142 e. The van der Waals surface area contributed by atoms with Gasteiger partial charge in [0.2, 0.25) is 0 Å². The number of aryl methyl sites for hydroxylation is 1. The van der Waals surface area contributed by atoms with Crippen LogP contribution < -0.4 is 16.5 Å². The summed E-state index contributed by atoms with van der Waals surface area (Å²) in [4.78, 5) is 0. The van der Waals surface area contributed by atoms with E-state index >= 15 is 0 Å². The fraction of sp³-hybridized carbons (Fsp3) is 0.333. The summed E-state index contributed by atoms with van der Waals surface area (Å²) in [5, 5.41) is 3.65. The maximum atomic E-state index is 7.28. The number of anilines is 2. The molecule has 0 saturated carbocycles. The minimum Gasteiger partial charge on any atom is -0.398 e. The standard InChI is InChI=1S/C51H57BN2/c1-31-26-36(35-29-42-34(30-45(35)53)33-16-12-13-18-38(33)51(42,8)9)46(32-21-22-40-43(28-32)49(4,5)24-23-48(40,2)3)37(27-31)39-17-11-10-14-25-54-47-41(50(39,6)7)19-15-20-44(47)52/h10-12,14-17,19-22,25-30,54H,13,18,23-24,52-53H2,1-9H3/b11-10-,25-14+,39-17+. The van der Waals surface area contributed by atoms with Gasteiger partial charge in [-0.25, -0.2) is 0 Å². The Morgan fingerprint density at radius 3 is 2.20 bits per heavy atom. The van der Waals surface area contributed by atoms with Crippen LogP contribution in [-0.4, -0.2) is 7.85 Å². The van der Waals surface area contributed by atoms with Gasteiger partial charge in [0.25, 0.3) is 0 Å². The van der Waals surface area contributed by atoms with E-state index in [1.807, 2.05) is 6.20 Å². The molecule has 4 aromatic carbocycles. The third-order valence-electron chi connectivity index (χ3n) is 13.5. The molecule has 1 heterocycles. The van der Waals surface area contributed by atoms with Gasteiger partial charge in [0.1, 0.15) is 7.85 Å². The number of nitrogens with one attached hydrogen (secondary N) is 1. The molecule has 54 heavy (non-hydrogen) atoms. The molecule has 0 bridgehead atoms. The van der Waals surface area contributed by atoms with Gasteiger partial charge in [-0.1, -0.05) is 145 Å². The SMILES string of the molecule is Bc1cccc2c1N/C=C/C=C\C=C(/c1cc(C)cc(-c3cc4c(cc3N)C3=C(CCC=C3)C4(C)C)c1-c1ccc3c(c1)C(C)(C)CCC3(C)C)C2(C)C. The van der Waals surface area contributed by atoms with Crippen LogP contribution >= 0.6 is 0 Å². The smallest absolute Gasteiger partial charge is 0.142 e. The Balaban J connectivity index is 1.46. The molecule has 0 spiro atoms. The number of hydrogen-bond donors (Lipinski definition) is 2. The number of para-hydroxylation sites is 1. The monoisotopic (exact) mass is 708 g/mol. The fourth-order valence-corrected chi connectivity index (χ4v) is 10.1. The van der Waals surface area contributed by atoms with Crippen molar-refractivity contribution in [2.75, 3.05) is 11.1 Å². The van der Waals surface area contributed by atoms with E-state index in [1.165, 1.54) is 96.3 Å². The summed E-state index contributed by atoms with van der Waals surface area (Å²) in [6, 6.07) is 23.6. The average molecular weight is 709 g/mol. The highest BCUT2D eigenvalue weighted by atomic mass is 14.8. The predicted octanol–water partition coefficient (Wildman–Crippen LogP) is 11.8. The van der Waals surface area contributed by atoms with Gasteiger partial charge in [0, 0.05) is 34.0 Å². The van der Waals surface area contributed by atoms with E-state index in [1.54, 1.807) is 0 Å². The zero-order chi connectivity index (χ0) is 38.4. The first-order valence-corrected chi connectivity index (χ1v) is 20.1. The van der Waals surface area contributed by atoms with Crippen molar-refractivity contribution < 1.29 is 0 Å². The fourth-order valence-electron chi connectivity index (χ4n) is 10.1. The molecule has 0 fully saturated rings. The largest absolute Gasteiger partial charge is 0.398 e. The summed E-state index contributed by atoms with van der Waals surface area (Å²) in [5.74, 6) is 0. The Hall–Kier alpha value is -4.76. The molecule has 3 aliphatic carbocycles. The third-order valence-corrected chi connectivity index (χ3v) is 13.5. The van der Waals surface area contributed by atoms with Crippen LogP contribution in [-0.2, 0) is 21.7 Å². The van der Waals surface area contributed by atoms with Crippen LogP contribution in [0.2, 0.25) is 0 Å². The van der Waals surface area contributed by atoms with Gasteiger partial charge in [-0.05, 0) is 128 Å². The molecular weight excluding hydrogens is 651 g/mol. The zero-order valence-electron chi connectivity index (χ0n) is 34.2. The molecule has 0 radical (unpaired) electrons. The van der Waals surface area contributed by atoms with Gasteiger partial charge in [0.05, 0.1) is 0 Å². The predicted molar refractivity (Wildman–Crippen MR) is 238 cm³/mol. The topological polar surface area (TPSA) is 38.0 Å². The lowest BCUT2D eigenvalue weighted by atomic mass is 9.62. The molecule has 274 valence electrons. The first-order valence-electron chi connectivity index (χ1n) is 20.1. The van der Waals surface area contributed by atoms with Crippen LogP contribution in [0.1, 0.15) is 120 Å². The Kier molecular flexibility index (Phi) is 8.49. The van der Waals surface area contributed by atoms with Gasteiger partial charge in [-0.2, -0.15) is 0 Å². The van der Waals surface area contributed by atoms with Crippen LogP contribution in [0.25, 0.3) is 33.4 Å². The van der Waals surface area contributed by atoms with Gasteiger partial charge in [-0.15, -0.1) is 0 Å². The average Bonchev–Trinajstić information content (AvgIpc) is 3.34. The zero-order valence-corrected chi connectivity index (χ0v) is 34.2. The van der Waals surface area contributed by atoms with E-state index in [0.29, 0.717) is 0 Å². The Bertz CT molecular complexity index is 2390. The molecular formula is C51H57BN2. The van der Waals surface area contributed by atoms with Crippen LogP contribution in [0.15, 0.2) is 109 Å². The summed E-state index contributed by atoms with van der Waals surface area (Å²) in [7, 11) is 2.20. The number of hydrogen-bond acceptors (Lipinski definition) is 2. The lowest BCUT2D eigenvalue weighted by Crippen LogP contribution is -2.33. The molecule has 1 aliphatic heterocycles. The van der Waals surface area contributed by atoms with Crippen molar-refractivity contribution in [2.45, 2.75) is 110 Å². The summed E-state index contributed by atoms with van der Waals surface area (Å²) >= 11 is 0. The molecule has 0 unspecified atom stereocenters. The van der Waals surface area contributed by atoms with Crippen molar-refractivity contribution in [3.63, 3.8) is 0 Å². The van der Waals surface area contributed by atoms with Crippen molar-refractivity contribution >= 4 is 35.8 Å². The molecule has 4 aliphatic rings. The quantitative estimate of drug-likeness (QED) is 0.164. The summed E-state index contributed by atoms with van der Waals surface area (Å²) in [6.45, 7) is 21.5. The number of nitrogen functional groups attached to an aromatic ring is 1. The number of fused-ring (bicyclic) bond motifs is 4. The highest BCUT2D eigenvalue weighted by Crippen LogP contribution is 2.55. The molecule has 4 aromatic rings. The third kappa shape index (κ3) is 5.69.